The molecule has 3 rings (SSSR count). The fourth-order valence-electron chi connectivity index (χ4n) is 3.05. The second kappa shape index (κ2) is 5.68. The van der Waals surface area contributed by atoms with Crippen LogP contribution in [0.25, 0.3) is 5.69 Å². The number of aromatic nitrogens is 2. The Balaban J connectivity index is 2.31. The lowest BCUT2D eigenvalue weighted by Crippen LogP contribution is -2.29. The molecule has 0 atom stereocenters. The van der Waals surface area contributed by atoms with Gasteiger partial charge in [-0.3, -0.25) is 4.79 Å². The van der Waals surface area contributed by atoms with Gasteiger partial charge in [-0.2, -0.15) is 10.4 Å². The molecule has 6 nitrogen and oxygen atoms in total. The van der Waals surface area contributed by atoms with E-state index in [0.717, 1.165) is 4.68 Å². The van der Waals surface area contributed by atoms with Gasteiger partial charge < -0.3 is 11.1 Å². The van der Waals surface area contributed by atoms with Crippen molar-refractivity contribution in [1.29, 1.82) is 5.26 Å². The van der Waals surface area contributed by atoms with E-state index in [-0.39, 0.29) is 34.9 Å². The third-order valence-corrected chi connectivity index (χ3v) is 6.28. The molecule has 1 aromatic carbocycles. The van der Waals surface area contributed by atoms with Crippen molar-refractivity contribution in [3.05, 3.63) is 33.4 Å². The van der Waals surface area contributed by atoms with E-state index in [0.29, 0.717) is 12.8 Å². The van der Waals surface area contributed by atoms with Crippen LogP contribution in [0.15, 0.2) is 17.0 Å². The Morgan fingerprint density at radius 2 is 1.79 bits per heavy atom. The zero-order chi connectivity index (χ0) is 22.1. The molecule has 3 N–H and O–H groups in total. The summed E-state index contributed by atoms with van der Waals surface area (Å²) < 4.78 is 66.5. The molecule has 1 fully saturated rings. The first kappa shape index (κ1) is 21.5. The van der Waals surface area contributed by atoms with Crippen LogP contribution in [0.4, 0.5) is 25.2 Å². The van der Waals surface area contributed by atoms with E-state index in [9.17, 15) is 29.5 Å². The number of primary amides is 1. The average molecular weight is 476 g/mol. The number of carbonyl (C=O) groups is 1. The van der Waals surface area contributed by atoms with Gasteiger partial charge in [-0.15, -0.1) is 0 Å². The van der Waals surface area contributed by atoms with Crippen LogP contribution in [-0.2, 0) is 10.2 Å². The SMILES string of the molecule is CNc1c(C2(C(N)=O)CC2)c(C#N)nn1-c1c(Cl)cc(S(F)(F)(F)(F)F)cc1Cl. The van der Waals surface area contributed by atoms with Gasteiger partial charge in [0.15, 0.2) is 5.69 Å². The first-order valence-electron chi connectivity index (χ1n) is 7.80. The molecular formula is C15H12Cl2F5N5OS. The molecule has 1 amide bonds. The van der Waals surface area contributed by atoms with E-state index in [2.05, 4.69) is 10.4 Å². The molecule has 0 radical (unpaired) electrons. The molecule has 0 saturated heterocycles. The lowest BCUT2D eigenvalue weighted by atomic mass is 9.94. The Labute approximate surface area is 171 Å². The third-order valence-electron chi connectivity index (χ3n) is 4.58. The lowest BCUT2D eigenvalue weighted by molar-refractivity contribution is -0.120. The number of anilines is 1. The van der Waals surface area contributed by atoms with Gasteiger partial charge in [0, 0.05) is 12.6 Å². The van der Waals surface area contributed by atoms with Gasteiger partial charge in [0.05, 0.1) is 15.5 Å². The molecule has 0 spiro atoms. The molecule has 1 saturated carbocycles. The number of nitrogens with two attached hydrogens (primary N) is 1. The molecule has 0 aliphatic heterocycles. The fourth-order valence-corrected chi connectivity index (χ4v) is 4.51. The third kappa shape index (κ3) is 3.47. The van der Waals surface area contributed by atoms with Crippen LogP contribution >= 0.6 is 33.4 Å². The summed E-state index contributed by atoms with van der Waals surface area (Å²) in [7, 11) is -8.63. The van der Waals surface area contributed by atoms with Crippen molar-refractivity contribution in [2.45, 2.75) is 23.2 Å². The van der Waals surface area contributed by atoms with Crippen molar-refractivity contribution < 1.29 is 24.2 Å². The van der Waals surface area contributed by atoms with Crippen LogP contribution in [0.1, 0.15) is 24.1 Å². The van der Waals surface area contributed by atoms with E-state index in [1.54, 1.807) is 6.07 Å². The highest BCUT2D eigenvalue weighted by Gasteiger charge is 2.65. The van der Waals surface area contributed by atoms with Crippen molar-refractivity contribution in [2.24, 2.45) is 5.73 Å². The summed E-state index contributed by atoms with van der Waals surface area (Å²) in [6, 6.07) is 1.87. The molecule has 0 bridgehead atoms. The largest absolute Gasteiger partial charge is 0.373 e. The predicted molar refractivity (Wildman–Crippen MR) is 99.3 cm³/mol. The molecule has 1 heterocycles. The molecule has 0 unspecified atom stereocenters. The fraction of sp³-hybridized carbons (Fsp3) is 0.267. The van der Waals surface area contributed by atoms with E-state index in [1.807, 2.05) is 0 Å². The minimum atomic E-state index is -10.0. The molecule has 2 aromatic rings. The first-order valence-corrected chi connectivity index (χ1v) is 10.5. The molecule has 29 heavy (non-hydrogen) atoms. The highest BCUT2D eigenvalue weighted by molar-refractivity contribution is 8.45. The van der Waals surface area contributed by atoms with E-state index >= 15 is 0 Å². The zero-order valence-corrected chi connectivity index (χ0v) is 16.8. The minimum Gasteiger partial charge on any atom is -0.373 e. The molecule has 14 heteroatoms. The van der Waals surface area contributed by atoms with Crippen LogP contribution in [0.2, 0.25) is 10.0 Å². The van der Waals surface area contributed by atoms with E-state index < -0.39 is 36.5 Å². The maximum Gasteiger partial charge on any atom is 0.310 e. The van der Waals surface area contributed by atoms with E-state index in [1.165, 1.54) is 7.05 Å². The number of amides is 1. The number of halogens is 7. The number of hydrogen-bond acceptors (Lipinski definition) is 4. The first-order chi connectivity index (χ1) is 13.1. The number of benzene rings is 1. The molecular weight excluding hydrogens is 464 g/mol. The summed E-state index contributed by atoms with van der Waals surface area (Å²) in [6.07, 6.45) is 0.671. The highest BCUT2D eigenvalue weighted by Crippen LogP contribution is 3.02. The standard InChI is InChI=1S/C15H12Cl2F5N5OS/c1-25-13-11(15(2-3-15)14(24)28)10(6-23)26-27(13)12-8(16)4-7(5-9(12)17)29(18,19,20,21)22/h4-5,25H,2-3H2,1H3,(H2,24,28). The van der Waals surface area contributed by atoms with Crippen LogP contribution in [0, 0.1) is 11.3 Å². The molecule has 158 valence electrons. The lowest BCUT2D eigenvalue weighted by Gasteiger charge is -2.40. The van der Waals surface area contributed by atoms with Gasteiger partial charge in [0.2, 0.25) is 5.91 Å². The van der Waals surface area contributed by atoms with Crippen LogP contribution in [0.5, 0.6) is 0 Å². The number of rotatable bonds is 5. The highest BCUT2D eigenvalue weighted by atomic mass is 35.5. The average Bonchev–Trinajstić information content (AvgIpc) is 3.28. The summed E-state index contributed by atoms with van der Waals surface area (Å²) >= 11 is 11.7. The van der Waals surface area contributed by atoms with Gasteiger partial charge in [-0.1, -0.05) is 42.6 Å². The summed E-state index contributed by atoms with van der Waals surface area (Å²) in [5.74, 6) is -0.680. The zero-order valence-electron chi connectivity index (χ0n) is 14.5. The van der Waals surface area contributed by atoms with Crippen LogP contribution < -0.4 is 11.1 Å². The van der Waals surface area contributed by atoms with Crippen molar-refractivity contribution in [1.82, 2.24) is 9.78 Å². The Hall–Kier alpha value is -2.23. The van der Waals surface area contributed by atoms with E-state index in [4.69, 9.17) is 28.9 Å². The number of nitriles is 1. The molecule has 1 aliphatic carbocycles. The summed E-state index contributed by atoms with van der Waals surface area (Å²) in [5, 5.41) is 14.5. The summed E-state index contributed by atoms with van der Waals surface area (Å²) in [6.45, 7) is 0. The van der Waals surface area contributed by atoms with Gasteiger partial charge in [0.1, 0.15) is 22.5 Å². The quantitative estimate of drug-likeness (QED) is 0.575. The number of hydrogen-bond donors (Lipinski definition) is 2. The topological polar surface area (TPSA) is 96.7 Å². The van der Waals surface area contributed by atoms with Gasteiger partial charge in [0.25, 0.3) is 0 Å². The number of nitrogens with zero attached hydrogens (tertiary/aromatic N) is 3. The summed E-state index contributed by atoms with van der Waals surface area (Å²) in [5.41, 5.74) is 3.81. The Bertz CT molecular complexity index is 1080. The predicted octanol–water partition coefficient (Wildman–Crippen LogP) is 5.27. The van der Waals surface area contributed by atoms with Gasteiger partial charge in [-0.25, -0.2) is 4.68 Å². The van der Waals surface area contributed by atoms with Crippen molar-refractivity contribution >= 4 is 45.2 Å². The Morgan fingerprint density at radius 1 is 1.28 bits per heavy atom. The van der Waals surface area contributed by atoms with Crippen molar-refractivity contribution in [3.8, 4) is 11.8 Å². The molecule has 1 aromatic heterocycles. The monoisotopic (exact) mass is 475 g/mol. The van der Waals surface area contributed by atoms with Crippen molar-refractivity contribution in [2.75, 3.05) is 12.4 Å². The summed E-state index contributed by atoms with van der Waals surface area (Å²) in [4.78, 5) is 9.65. The number of carbonyl (C=O) groups excluding carboxylic acids is 1. The van der Waals surface area contributed by atoms with Gasteiger partial charge >= 0.3 is 10.2 Å². The second-order valence-corrected chi connectivity index (χ2v) is 9.72. The van der Waals surface area contributed by atoms with Crippen molar-refractivity contribution in [3.63, 3.8) is 0 Å². The van der Waals surface area contributed by atoms with Crippen LogP contribution in [-0.4, -0.2) is 22.7 Å². The minimum absolute atomic E-state index is 0.0294. The Morgan fingerprint density at radius 3 is 2.14 bits per heavy atom. The van der Waals surface area contributed by atoms with Crippen LogP contribution in [0.3, 0.4) is 0 Å². The maximum atomic E-state index is 13.1. The Kier molecular flexibility index (Phi) is 4.21. The normalized spacial score (nSPS) is 17.8. The smallest absolute Gasteiger partial charge is 0.310 e. The number of nitrogens with one attached hydrogen (secondary N) is 1. The maximum absolute atomic E-state index is 13.1. The van der Waals surface area contributed by atoms with Gasteiger partial charge in [-0.05, 0) is 25.0 Å². The second-order valence-electron chi connectivity index (χ2n) is 6.50. The molecule has 1 aliphatic rings.